The third kappa shape index (κ3) is 4.96. The molecule has 1 aliphatic rings. The molecule has 1 atom stereocenters. The van der Waals surface area contributed by atoms with Gasteiger partial charge in [0.25, 0.3) is 0 Å². The Bertz CT molecular complexity index is 659. The fourth-order valence-corrected chi connectivity index (χ4v) is 7.68. The smallest absolute Gasteiger partial charge is 0.239 e. The maximum absolute atomic E-state index is 6.92. The Hall–Kier alpha value is -1.38. The van der Waals surface area contributed by atoms with Crippen molar-refractivity contribution in [2.45, 2.75) is 66.2 Å². The van der Waals surface area contributed by atoms with Crippen molar-refractivity contribution in [3.05, 3.63) is 60.7 Å². The first-order valence-corrected chi connectivity index (χ1v) is 12.8. The number of rotatable bonds is 7. The SMILES string of the molecule is CCC1(C(CO[SiH](c2ccccc2)c2ccccc2)C(C)(C)C)CCCCC1. The first-order valence-electron chi connectivity index (χ1n) is 11.2. The van der Waals surface area contributed by atoms with Crippen molar-refractivity contribution in [1.29, 1.82) is 0 Å². The van der Waals surface area contributed by atoms with Crippen LogP contribution in [0.25, 0.3) is 0 Å². The van der Waals surface area contributed by atoms with Crippen LogP contribution in [0.15, 0.2) is 60.7 Å². The highest BCUT2D eigenvalue weighted by atomic mass is 28.3. The van der Waals surface area contributed by atoms with Gasteiger partial charge in [0.2, 0.25) is 9.04 Å². The second-order valence-corrected chi connectivity index (χ2v) is 12.2. The molecule has 1 fully saturated rings. The van der Waals surface area contributed by atoms with Gasteiger partial charge in [0.1, 0.15) is 0 Å². The molecule has 0 aromatic heterocycles. The van der Waals surface area contributed by atoms with Gasteiger partial charge in [0, 0.05) is 6.61 Å². The van der Waals surface area contributed by atoms with Crippen molar-refractivity contribution in [1.82, 2.24) is 0 Å². The molecular weight excluding hydrogens is 356 g/mol. The number of hydrogen-bond donors (Lipinski definition) is 0. The summed E-state index contributed by atoms with van der Waals surface area (Å²) in [6.07, 6.45) is 8.21. The summed E-state index contributed by atoms with van der Waals surface area (Å²) in [7, 11) is -1.67. The molecule has 0 spiro atoms. The molecule has 0 amide bonds. The van der Waals surface area contributed by atoms with Gasteiger partial charge in [-0.15, -0.1) is 0 Å². The van der Waals surface area contributed by atoms with Crippen molar-refractivity contribution in [2.75, 3.05) is 6.61 Å². The molecule has 0 N–H and O–H groups in total. The molecule has 0 heterocycles. The van der Waals surface area contributed by atoms with Crippen molar-refractivity contribution in [3.8, 4) is 0 Å². The lowest BCUT2D eigenvalue weighted by Gasteiger charge is -2.49. The number of benzene rings is 2. The predicted molar refractivity (Wildman–Crippen MR) is 124 cm³/mol. The molecule has 1 saturated carbocycles. The Balaban J connectivity index is 1.87. The van der Waals surface area contributed by atoms with E-state index in [-0.39, 0.29) is 5.41 Å². The van der Waals surface area contributed by atoms with Crippen LogP contribution in [0.3, 0.4) is 0 Å². The Morgan fingerprint density at radius 2 is 1.36 bits per heavy atom. The molecule has 1 nitrogen and oxygen atoms in total. The quantitative estimate of drug-likeness (QED) is 0.558. The first kappa shape index (κ1) is 21.3. The van der Waals surface area contributed by atoms with Crippen LogP contribution >= 0.6 is 0 Å². The molecule has 2 aromatic carbocycles. The molecular formula is C26H38OSi. The predicted octanol–water partition coefficient (Wildman–Crippen LogP) is 5.56. The summed E-state index contributed by atoms with van der Waals surface area (Å²) >= 11 is 0. The highest BCUT2D eigenvalue weighted by Crippen LogP contribution is 2.51. The lowest BCUT2D eigenvalue weighted by molar-refractivity contribution is -0.0147. The lowest BCUT2D eigenvalue weighted by atomic mass is 9.57. The minimum Gasteiger partial charge on any atom is -0.411 e. The summed E-state index contributed by atoms with van der Waals surface area (Å²) in [4.78, 5) is 0. The third-order valence-corrected chi connectivity index (χ3v) is 9.48. The van der Waals surface area contributed by atoms with E-state index < -0.39 is 9.04 Å². The molecule has 152 valence electrons. The van der Waals surface area contributed by atoms with E-state index in [4.69, 9.17) is 4.43 Å². The molecule has 1 aliphatic carbocycles. The van der Waals surface area contributed by atoms with Gasteiger partial charge in [-0.05, 0) is 40.0 Å². The van der Waals surface area contributed by atoms with E-state index in [1.54, 1.807) is 0 Å². The van der Waals surface area contributed by atoms with Gasteiger partial charge in [-0.3, -0.25) is 0 Å². The number of hydrogen-bond acceptors (Lipinski definition) is 1. The molecule has 0 radical (unpaired) electrons. The summed E-state index contributed by atoms with van der Waals surface area (Å²) in [5.74, 6) is 0.604. The molecule has 2 heteroatoms. The van der Waals surface area contributed by atoms with E-state index in [0.717, 1.165) is 6.61 Å². The van der Waals surface area contributed by atoms with Crippen LogP contribution < -0.4 is 10.4 Å². The highest BCUT2D eigenvalue weighted by molar-refractivity contribution is 6.80. The standard InChI is InChI=1S/C26H38OSi/c1-5-26(19-13-8-14-20-26)24(25(2,3)4)21-27-28(22-15-9-6-10-16-22)23-17-11-7-12-18-23/h6-7,9-12,15-18,24,28H,5,8,13-14,19-21H2,1-4H3. The highest BCUT2D eigenvalue weighted by Gasteiger charge is 2.44. The molecule has 28 heavy (non-hydrogen) atoms. The fourth-order valence-electron chi connectivity index (χ4n) is 5.38. The molecule has 3 rings (SSSR count). The van der Waals surface area contributed by atoms with Crippen LogP contribution in [-0.2, 0) is 4.43 Å². The van der Waals surface area contributed by atoms with Crippen LogP contribution in [0.5, 0.6) is 0 Å². The van der Waals surface area contributed by atoms with Gasteiger partial charge in [0.15, 0.2) is 0 Å². The third-order valence-electron chi connectivity index (χ3n) is 6.97. The maximum Gasteiger partial charge on any atom is 0.239 e. The Morgan fingerprint density at radius 3 is 1.79 bits per heavy atom. The molecule has 0 saturated heterocycles. The topological polar surface area (TPSA) is 9.23 Å². The molecule has 2 aromatic rings. The van der Waals surface area contributed by atoms with E-state index in [1.165, 1.54) is 48.9 Å². The van der Waals surface area contributed by atoms with Gasteiger partial charge >= 0.3 is 0 Å². The minimum absolute atomic E-state index is 0.264. The maximum atomic E-state index is 6.92. The summed E-state index contributed by atoms with van der Waals surface area (Å²) < 4.78 is 6.92. The van der Waals surface area contributed by atoms with Crippen molar-refractivity contribution < 1.29 is 4.43 Å². The van der Waals surface area contributed by atoms with E-state index in [9.17, 15) is 0 Å². The first-order chi connectivity index (χ1) is 13.5. The Kier molecular flexibility index (Phi) is 7.17. The zero-order valence-corrected chi connectivity index (χ0v) is 19.4. The second-order valence-electron chi connectivity index (χ2n) is 9.73. The lowest BCUT2D eigenvalue weighted by Crippen LogP contribution is -2.49. The Labute approximate surface area is 174 Å². The van der Waals surface area contributed by atoms with Crippen LogP contribution in [-0.4, -0.2) is 15.6 Å². The minimum atomic E-state index is -1.67. The van der Waals surface area contributed by atoms with Gasteiger partial charge in [-0.1, -0.05) is 114 Å². The Morgan fingerprint density at radius 1 is 0.857 bits per heavy atom. The van der Waals surface area contributed by atoms with Crippen LogP contribution in [0.4, 0.5) is 0 Å². The summed E-state index contributed by atoms with van der Waals surface area (Å²) in [5.41, 5.74) is 0.711. The van der Waals surface area contributed by atoms with Crippen LogP contribution in [0.1, 0.15) is 66.2 Å². The molecule has 1 unspecified atom stereocenters. The van der Waals surface area contributed by atoms with Gasteiger partial charge in [0.05, 0.1) is 0 Å². The zero-order valence-electron chi connectivity index (χ0n) is 18.3. The largest absolute Gasteiger partial charge is 0.411 e. The van der Waals surface area contributed by atoms with E-state index >= 15 is 0 Å². The zero-order chi connectivity index (χ0) is 20.0. The summed E-state index contributed by atoms with van der Waals surface area (Å²) in [6, 6.07) is 21.8. The fraction of sp³-hybridized carbons (Fsp3) is 0.538. The van der Waals surface area contributed by atoms with Crippen molar-refractivity contribution in [3.63, 3.8) is 0 Å². The monoisotopic (exact) mass is 394 g/mol. The van der Waals surface area contributed by atoms with Crippen LogP contribution in [0, 0.1) is 16.7 Å². The normalized spacial score (nSPS) is 18.2. The van der Waals surface area contributed by atoms with E-state index in [0.29, 0.717) is 11.3 Å². The average molecular weight is 395 g/mol. The van der Waals surface area contributed by atoms with Crippen LogP contribution in [0.2, 0.25) is 0 Å². The molecule has 0 bridgehead atoms. The molecule has 0 aliphatic heterocycles. The summed E-state index contributed by atoms with van der Waals surface area (Å²) in [5, 5.41) is 2.77. The second kappa shape index (κ2) is 9.41. The van der Waals surface area contributed by atoms with Gasteiger partial charge < -0.3 is 4.43 Å². The van der Waals surface area contributed by atoms with Crippen molar-refractivity contribution >= 4 is 19.4 Å². The summed E-state index contributed by atoms with van der Waals surface area (Å²) in [6.45, 7) is 10.6. The van der Waals surface area contributed by atoms with Crippen molar-refractivity contribution in [2.24, 2.45) is 16.7 Å². The van der Waals surface area contributed by atoms with Gasteiger partial charge in [-0.2, -0.15) is 0 Å². The average Bonchev–Trinajstić information content (AvgIpc) is 2.72. The van der Waals surface area contributed by atoms with Gasteiger partial charge in [-0.25, -0.2) is 0 Å². The van der Waals surface area contributed by atoms with E-state index in [2.05, 4.69) is 88.4 Å². The van der Waals surface area contributed by atoms with E-state index in [1.807, 2.05) is 0 Å².